The Kier molecular flexibility index (Phi) is 7.43. The smallest absolute Gasteiger partial charge is 0.264 e. The van der Waals surface area contributed by atoms with Crippen molar-refractivity contribution in [2.45, 2.75) is 87.2 Å². The highest BCUT2D eigenvalue weighted by Gasteiger charge is 2.51. The topological polar surface area (TPSA) is 140 Å². The number of carbonyl (C=O) groups excluding carboxylic acids is 1. The van der Waals surface area contributed by atoms with Crippen molar-refractivity contribution in [1.29, 1.82) is 0 Å². The molecular formula is C33H34Cl2N6O5S. The fraction of sp³-hybridized carbons (Fsp3) is 0.455. The van der Waals surface area contributed by atoms with Crippen LogP contribution in [-0.4, -0.2) is 59.4 Å². The Hall–Kier alpha value is -3.45. The number of sulfonamides is 1. The largest absolute Gasteiger partial charge is 0.478 e. The molecule has 246 valence electrons. The van der Waals surface area contributed by atoms with Crippen molar-refractivity contribution in [3.05, 3.63) is 63.3 Å². The molecule has 2 aromatic carbocycles. The first-order valence-electron chi connectivity index (χ1n) is 15.9. The fourth-order valence-electron chi connectivity index (χ4n) is 6.94. The molecule has 2 N–H and O–H groups in total. The van der Waals surface area contributed by atoms with Gasteiger partial charge in [-0.2, -0.15) is 0 Å². The first kappa shape index (κ1) is 30.9. The zero-order valence-corrected chi connectivity index (χ0v) is 28.3. The third-order valence-corrected chi connectivity index (χ3v) is 12.9. The molecule has 3 aliphatic carbocycles. The minimum atomic E-state index is -3.76. The van der Waals surface area contributed by atoms with Crippen LogP contribution in [-0.2, 0) is 16.6 Å². The lowest BCUT2D eigenvalue weighted by Crippen LogP contribution is -2.64. The molecule has 14 heteroatoms. The summed E-state index contributed by atoms with van der Waals surface area (Å²) in [6, 6.07) is 11.1. The van der Waals surface area contributed by atoms with Gasteiger partial charge >= 0.3 is 0 Å². The van der Waals surface area contributed by atoms with Crippen molar-refractivity contribution in [3.63, 3.8) is 0 Å². The summed E-state index contributed by atoms with van der Waals surface area (Å²) in [5.74, 6) is 1.66. The number of nitrogens with zero attached hydrogens (tertiary/aromatic N) is 4. The van der Waals surface area contributed by atoms with E-state index in [1.54, 1.807) is 32.2 Å². The Balaban J connectivity index is 0.980. The summed E-state index contributed by atoms with van der Waals surface area (Å²) in [5.41, 5.74) is 3.67. The molecule has 47 heavy (non-hydrogen) atoms. The number of nitrogens with one attached hydrogen (secondary N) is 2. The molecule has 1 amide bonds. The van der Waals surface area contributed by atoms with E-state index in [4.69, 9.17) is 37.4 Å². The number of hydrogen-bond donors (Lipinski definition) is 2. The van der Waals surface area contributed by atoms with Crippen LogP contribution in [0.5, 0.6) is 5.88 Å². The number of anilines is 1. The van der Waals surface area contributed by atoms with E-state index >= 15 is 0 Å². The molecule has 4 aromatic rings. The monoisotopic (exact) mass is 696 g/mol. The van der Waals surface area contributed by atoms with E-state index in [0.717, 1.165) is 43.4 Å². The molecular weight excluding hydrogens is 663 g/mol. The molecule has 2 bridgehead atoms. The van der Waals surface area contributed by atoms with Gasteiger partial charge in [0.15, 0.2) is 5.82 Å². The molecule has 11 nitrogen and oxygen atoms in total. The summed E-state index contributed by atoms with van der Waals surface area (Å²) >= 11 is 13.1. The van der Waals surface area contributed by atoms with Crippen LogP contribution < -0.4 is 19.7 Å². The van der Waals surface area contributed by atoms with E-state index in [1.807, 2.05) is 18.2 Å². The summed E-state index contributed by atoms with van der Waals surface area (Å²) in [4.78, 5) is 24.7. The third kappa shape index (κ3) is 5.43. The molecule has 0 radical (unpaired) electrons. The van der Waals surface area contributed by atoms with Gasteiger partial charge in [-0.25, -0.2) is 23.1 Å². The first-order valence-corrected chi connectivity index (χ1v) is 18.2. The standard InChI is InChI=1S/C33H34Cl2N6O5S/c1-33(10-11-33)47(43,44)40-31(42)18-8-9-25-26(12-18)38-32(45-2)30(37-25)41-20-13-19(14-21(41)15-20)36-16-22-28(39-46-29(22)17-6-7-17)27-23(34)4-3-5-24(27)35/h3-5,8-9,12,17,19-21,36H,6-7,10-11,13-16H2,1-2H3,(H,40,42). The number of aromatic nitrogens is 3. The van der Waals surface area contributed by atoms with Crippen molar-refractivity contribution >= 4 is 56.0 Å². The zero-order valence-electron chi connectivity index (χ0n) is 25.9. The van der Waals surface area contributed by atoms with E-state index in [1.165, 1.54) is 0 Å². The second-order valence-electron chi connectivity index (χ2n) is 13.4. The lowest BCUT2D eigenvalue weighted by atomic mass is 9.76. The number of benzene rings is 2. The van der Waals surface area contributed by atoms with Crippen molar-refractivity contribution in [1.82, 2.24) is 25.2 Å². The molecule has 5 fully saturated rings. The lowest BCUT2D eigenvalue weighted by molar-refractivity contribution is 0.0981. The predicted octanol–water partition coefficient (Wildman–Crippen LogP) is 5.99. The van der Waals surface area contributed by atoms with Crippen LogP contribution in [0.25, 0.3) is 22.3 Å². The average molecular weight is 698 g/mol. The number of piperidine rings is 1. The normalized spacial score (nSPS) is 23.0. The lowest BCUT2D eigenvalue weighted by Gasteiger charge is -2.56. The minimum absolute atomic E-state index is 0.196. The number of carbonyl (C=O) groups is 1. The first-order chi connectivity index (χ1) is 22.5. The maximum atomic E-state index is 12.8. The number of hydrogen-bond acceptors (Lipinski definition) is 10. The Morgan fingerprint density at radius 1 is 1.06 bits per heavy atom. The van der Waals surface area contributed by atoms with E-state index in [9.17, 15) is 13.2 Å². The third-order valence-electron chi connectivity index (χ3n) is 10.1. The molecule has 3 saturated carbocycles. The Morgan fingerprint density at radius 3 is 2.45 bits per heavy atom. The van der Waals surface area contributed by atoms with Gasteiger partial charge < -0.3 is 19.5 Å². The summed E-state index contributed by atoms with van der Waals surface area (Å²) in [7, 11) is -2.20. The number of amides is 1. The number of fused-ring (bicyclic) bond motifs is 3. The quantitative estimate of drug-likeness (QED) is 0.203. The molecule has 4 heterocycles. The Bertz CT molecular complexity index is 2000. The predicted molar refractivity (Wildman–Crippen MR) is 179 cm³/mol. The second-order valence-corrected chi connectivity index (χ2v) is 16.4. The minimum Gasteiger partial charge on any atom is -0.478 e. The van der Waals surface area contributed by atoms with Crippen LogP contribution in [0.2, 0.25) is 10.0 Å². The highest BCUT2D eigenvalue weighted by atomic mass is 35.5. The van der Waals surface area contributed by atoms with E-state index in [2.05, 4.69) is 25.1 Å². The molecule has 5 aliphatic rings. The highest BCUT2D eigenvalue weighted by Crippen LogP contribution is 2.47. The van der Waals surface area contributed by atoms with E-state index < -0.39 is 20.7 Å². The van der Waals surface area contributed by atoms with Crippen LogP contribution in [0.4, 0.5) is 5.82 Å². The summed E-state index contributed by atoms with van der Waals surface area (Å²) in [5, 5.41) is 9.29. The summed E-state index contributed by atoms with van der Waals surface area (Å²) in [6.45, 7) is 2.24. The molecule has 9 rings (SSSR count). The van der Waals surface area contributed by atoms with Gasteiger partial charge in [0.1, 0.15) is 11.5 Å². The van der Waals surface area contributed by atoms with Crippen LogP contribution in [0.3, 0.4) is 0 Å². The van der Waals surface area contributed by atoms with Gasteiger partial charge in [0, 0.05) is 47.3 Å². The number of methoxy groups -OCH3 is 1. The van der Waals surface area contributed by atoms with Crippen LogP contribution >= 0.6 is 23.2 Å². The van der Waals surface area contributed by atoms with Crippen LogP contribution in [0.15, 0.2) is 40.9 Å². The fourth-order valence-corrected chi connectivity index (χ4v) is 8.76. The zero-order chi connectivity index (χ0) is 32.7. The number of rotatable bonds is 10. The summed E-state index contributed by atoms with van der Waals surface area (Å²) < 4.78 is 38.0. The molecule has 2 atom stereocenters. The van der Waals surface area contributed by atoms with Crippen LogP contribution in [0.1, 0.15) is 79.5 Å². The maximum absolute atomic E-state index is 12.8. The van der Waals surface area contributed by atoms with Crippen molar-refractivity contribution < 1.29 is 22.5 Å². The van der Waals surface area contributed by atoms with Gasteiger partial charge in [-0.1, -0.05) is 34.4 Å². The Morgan fingerprint density at radius 2 is 1.79 bits per heavy atom. The molecule has 2 aliphatic heterocycles. The van der Waals surface area contributed by atoms with Crippen molar-refractivity contribution in [2.24, 2.45) is 0 Å². The second kappa shape index (κ2) is 11.3. The number of halogens is 2. The highest BCUT2D eigenvalue weighted by molar-refractivity contribution is 7.91. The van der Waals surface area contributed by atoms with Gasteiger partial charge in [-0.05, 0) is 82.2 Å². The molecule has 2 unspecified atom stereocenters. The van der Waals surface area contributed by atoms with Crippen LogP contribution in [0, 0.1) is 0 Å². The van der Waals surface area contributed by atoms with Gasteiger partial charge in [-0.3, -0.25) is 4.79 Å². The average Bonchev–Trinajstić information content (AvgIpc) is 3.98. The van der Waals surface area contributed by atoms with E-state index in [-0.39, 0.29) is 23.7 Å². The summed E-state index contributed by atoms with van der Waals surface area (Å²) in [6.07, 6.45) is 6.13. The van der Waals surface area contributed by atoms with Crippen molar-refractivity contribution in [3.8, 4) is 17.1 Å². The van der Waals surface area contributed by atoms with Gasteiger partial charge in [-0.15, -0.1) is 0 Å². The number of ether oxygens (including phenoxy) is 1. The Labute approximate surface area is 282 Å². The molecule has 2 aromatic heterocycles. The molecule has 2 saturated heterocycles. The maximum Gasteiger partial charge on any atom is 0.264 e. The van der Waals surface area contributed by atoms with Crippen molar-refractivity contribution in [2.75, 3.05) is 12.0 Å². The van der Waals surface area contributed by atoms with Gasteiger partial charge in [0.25, 0.3) is 11.8 Å². The molecule has 0 spiro atoms. The van der Waals surface area contributed by atoms with E-state index in [0.29, 0.717) is 69.3 Å². The van der Waals surface area contributed by atoms with Gasteiger partial charge in [0.2, 0.25) is 10.0 Å². The van der Waals surface area contributed by atoms with Gasteiger partial charge in [0.05, 0.1) is 32.9 Å². The SMILES string of the molecule is COc1nc2cc(C(=O)NS(=O)(=O)C3(C)CC3)ccc2nc1N1C2CC(NCc3c(-c4c(Cl)cccc4Cl)noc3C3CC3)CC1C2.